The van der Waals surface area contributed by atoms with E-state index in [1.54, 1.807) is 24.7 Å². The second-order valence-electron chi connectivity index (χ2n) is 6.04. The highest BCUT2D eigenvalue weighted by atomic mass is 16.1. The van der Waals surface area contributed by atoms with Crippen LogP contribution in [0.2, 0.25) is 0 Å². The SMILES string of the molecule is Cc1ccc(-n2ncc(C(=O)Nc3cccnc3)c2C(C)C)cc1. The molecule has 1 aromatic carbocycles. The zero-order valence-corrected chi connectivity index (χ0v) is 14.0. The summed E-state index contributed by atoms with van der Waals surface area (Å²) in [6.45, 7) is 6.16. The molecule has 2 aromatic heterocycles. The van der Waals surface area contributed by atoms with Crippen molar-refractivity contribution in [1.82, 2.24) is 14.8 Å². The Kier molecular flexibility index (Phi) is 4.42. The molecule has 0 aliphatic carbocycles. The Bertz CT molecular complexity index is 836. The number of rotatable bonds is 4. The van der Waals surface area contributed by atoms with Crippen LogP contribution in [0.1, 0.15) is 41.4 Å². The Morgan fingerprint density at radius 2 is 1.88 bits per heavy atom. The lowest BCUT2D eigenvalue weighted by Crippen LogP contribution is -2.15. The van der Waals surface area contributed by atoms with E-state index in [1.165, 1.54) is 5.56 Å². The Morgan fingerprint density at radius 3 is 2.50 bits per heavy atom. The minimum atomic E-state index is -0.176. The van der Waals surface area contributed by atoms with Crippen LogP contribution in [-0.4, -0.2) is 20.7 Å². The molecule has 0 fully saturated rings. The van der Waals surface area contributed by atoms with E-state index in [1.807, 2.05) is 41.9 Å². The molecule has 0 aliphatic rings. The fraction of sp³-hybridized carbons (Fsp3) is 0.211. The van der Waals surface area contributed by atoms with Gasteiger partial charge in [-0.05, 0) is 37.1 Å². The molecule has 0 saturated heterocycles. The van der Waals surface area contributed by atoms with Crippen molar-refractivity contribution < 1.29 is 4.79 Å². The molecule has 5 nitrogen and oxygen atoms in total. The summed E-state index contributed by atoms with van der Waals surface area (Å²) in [6, 6.07) is 11.7. The highest BCUT2D eigenvalue weighted by Crippen LogP contribution is 2.24. The molecule has 0 saturated carbocycles. The quantitative estimate of drug-likeness (QED) is 0.792. The van der Waals surface area contributed by atoms with Gasteiger partial charge in [0, 0.05) is 6.20 Å². The Balaban J connectivity index is 1.97. The molecule has 0 atom stereocenters. The molecule has 3 aromatic rings. The third-order valence-corrected chi connectivity index (χ3v) is 3.80. The summed E-state index contributed by atoms with van der Waals surface area (Å²) in [4.78, 5) is 16.7. The van der Waals surface area contributed by atoms with Gasteiger partial charge in [-0.2, -0.15) is 5.10 Å². The number of hydrogen-bond donors (Lipinski definition) is 1. The highest BCUT2D eigenvalue weighted by Gasteiger charge is 2.21. The molecule has 24 heavy (non-hydrogen) atoms. The van der Waals surface area contributed by atoms with Crippen LogP contribution in [0, 0.1) is 6.92 Å². The summed E-state index contributed by atoms with van der Waals surface area (Å²) in [7, 11) is 0. The summed E-state index contributed by atoms with van der Waals surface area (Å²) in [5, 5.41) is 7.31. The van der Waals surface area contributed by atoms with Gasteiger partial charge in [0.2, 0.25) is 0 Å². The van der Waals surface area contributed by atoms with E-state index in [0.717, 1.165) is 11.4 Å². The number of carbonyl (C=O) groups is 1. The number of benzene rings is 1. The number of pyridine rings is 1. The van der Waals surface area contributed by atoms with Crippen molar-refractivity contribution in [2.75, 3.05) is 5.32 Å². The lowest BCUT2D eigenvalue weighted by atomic mass is 10.0. The summed E-state index contributed by atoms with van der Waals surface area (Å²) < 4.78 is 1.84. The number of carbonyl (C=O) groups excluding carboxylic acids is 1. The van der Waals surface area contributed by atoms with Gasteiger partial charge in [-0.25, -0.2) is 4.68 Å². The minimum Gasteiger partial charge on any atom is -0.320 e. The fourth-order valence-electron chi connectivity index (χ4n) is 2.62. The van der Waals surface area contributed by atoms with E-state index in [4.69, 9.17) is 0 Å². The van der Waals surface area contributed by atoms with Crippen LogP contribution in [0.15, 0.2) is 55.0 Å². The molecule has 1 amide bonds. The number of nitrogens with zero attached hydrogens (tertiary/aromatic N) is 3. The van der Waals surface area contributed by atoms with Crippen molar-refractivity contribution in [3.05, 3.63) is 71.8 Å². The molecule has 5 heteroatoms. The van der Waals surface area contributed by atoms with Gasteiger partial charge in [-0.3, -0.25) is 9.78 Å². The summed E-state index contributed by atoms with van der Waals surface area (Å²) in [5.41, 5.74) is 4.27. The van der Waals surface area contributed by atoms with Gasteiger partial charge < -0.3 is 5.32 Å². The standard InChI is InChI=1S/C19H20N4O/c1-13(2)18-17(19(24)22-15-5-4-10-20-11-15)12-21-23(18)16-8-6-14(3)7-9-16/h4-13H,1-3H3,(H,22,24). The molecule has 1 N–H and O–H groups in total. The van der Waals surface area contributed by atoms with E-state index in [0.29, 0.717) is 11.3 Å². The number of anilines is 1. The predicted molar refractivity (Wildman–Crippen MR) is 94.6 cm³/mol. The average Bonchev–Trinajstić information content (AvgIpc) is 3.02. The third kappa shape index (κ3) is 3.20. The Hall–Kier alpha value is -2.95. The minimum absolute atomic E-state index is 0.156. The van der Waals surface area contributed by atoms with Crippen LogP contribution >= 0.6 is 0 Å². The van der Waals surface area contributed by atoms with Crippen molar-refractivity contribution in [3.63, 3.8) is 0 Å². The first-order valence-corrected chi connectivity index (χ1v) is 7.92. The molecule has 0 aliphatic heterocycles. The summed E-state index contributed by atoms with van der Waals surface area (Å²) in [6.07, 6.45) is 4.92. The van der Waals surface area contributed by atoms with Gasteiger partial charge in [0.15, 0.2) is 0 Å². The first kappa shape index (κ1) is 15.9. The van der Waals surface area contributed by atoms with Gasteiger partial charge in [-0.15, -0.1) is 0 Å². The molecule has 0 radical (unpaired) electrons. The average molecular weight is 320 g/mol. The van der Waals surface area contributed by atoms with Crippen molar-refractivity contribution in [3.8, 4) is 5.69 Å². The van der Waals surface area contributed by atoms with Crippen LogP contribution in [0.3, 0.4) is 0 Å². The third-order valence-electron chi connectivity index (χ3n) is 3.80. The van der Waals surface area contributed by atoms with Crippen LogP contribution in [0.25, 0.3) is 5.69 Å². The predicted octanol–water partition coefficient (Wildman–Crippen LogP) is 3.95. The van der Waals surface area contributed by atoms with Gasteiger partial charge >= 0.3 is 0 Å². The number of aryl methyl sites for hydroxylation is 1. The van der Waals surface area contributed by atoms with E-state index in [-0.39, 0.29) is 11.8 Å². The number of nitrogens with one attached hydrogen (secondary N) is 1. The maximum Gasteiger partial charge on any atom is 0.259 e. The zero-order valence-electron chi connectivity index (χ0n) is 14.0. The number of amides is 1. The maximum atomic E-state index is 12.6. The Morgan fingerprint density at radius 1 is 1.12 bits per heavy atom. The second-order valence-corrected chi connectivity index (χ2v) is 6.04. The molecule has 0 spiro atoms. The van der Waals surface area contributed by atoms with Crippen molar-refractivity contribution in [2.45, 2.75) is 26.7 Å². The number of hydrogen-bond acceptors (Lipinski definition) is 3. The maximum absolute atomic E-state index is 12.6. The van der Waals surface area contributed by atoms with Crippen molar-refractivity contribution >= 4 is 11.6 Å². The Labute approximate surface area is 141 Å². The zero-order chi connectivity index (χ0) is 17.1. The molecular weight excluding hydrogens is 300 g/mol. The molecule has 0 unspecified atom stereocenters. The second kappa shape index (κ2) is 6.66. The van der Waals surface area contributed by atoms with Crippen molar-refractivity contribution in [2.24, 2.45) is 0 Å². The lowest BCUT2D eigenvalue weighted by Gasteiger charge is -2.13. The molecule has 3 rings (SSSR count). The fourth-order valence-corrected chi connectivity index (χ4v) is 2.62. The van der Waals surface area contributed by atoms with Gasteiger partial charge in [0.05, 0.1) is 35.0 Å². The first-order chi connectivity index (χ1) is 11.6. The highest BCUT2D eigenvalue weighted by molar-refractivity contribution is 6.05. The van der Waals surface area contributed by atoms with Crippen LogP contribution in [0.4, 0.5) is 5.69 Å². The first-order valence-electron chi connectivity index (χ1n) is 7.92. The largest absolute Gasteiger partial charge is 0.320 e. The van der Waals surface area contributed by atoms with E-state index in [9.17, 15) is 4.79 Å². The van der Waals surface area contributed by atoms with Gasteiger partial charge in [0.25, 0.3) is 5.91 Å². The van der Waals surface area contributed by atoms with Crippen LogP contribution in [0.5, 0.6) is 0 Å². The topological polar surface area (TPSA) is 59.8 Å². The van der Waals surface area contributed by atoms with Crippen LogP contribution in [-0.2, 0) is 0 Å². The summed E-state index contributed by atoms with van der Waals surface area (Å²) in [5.74, 6) is -0.0199. The molecule has 122 valence electrons. The van der Waals surface area contributed by atoms with Gasteiger partial charge in [-0.1, -0.05) is 31.5 Å². The number of aromatic nitrogens is 3. The van der Waals surface area contributed by atoms with Crippen LogP contribution < -0.4 is 5.32 Å². The smallest absolute Gasteiger partial charge is 0.259 e. The summed E-state index contributed by atoms with van der Waals surface area (Å²) >= 11 is 0. The van der Waals surface area contributed by atoms with Gasteiger partial charge in [0.1, 0.15) is 0 Å². The van der Waals surface area contributed by atoms with Crippen molar-refractivity contribution in [1.29, 1.82) is 0 Å². The molecular formula is C19H20N4O. The van der Waals surface area contributed by atoms with E-state index >= 15 is 0 Å². The molecule has 0 bridgehead atoms. The molecule has 2 heterocycles. The monoisotopic (exact) mass is 320 g/mol. The lowest BCUT2D eigenvalue weighted by molar-refractivity contribution is 0.102. The van der Waals surface area contributed by atoms with E-state index in [2.05, 4.69) is 29.2 Å². The normalized spacial score (nSPS) is 10.8. The van der Waals surface area contributed by atoms with E-state index < -0.39 is 0 Å².